The number of carbonyl (C=O) groups excluding carboxylic acids is 2. The maximum absolute atomic E-state index is 14.1. The fraction of sp³-hybridized carbons (Fsp3) is 0.522. The summed E-state index contributed by atoms with van der Waals surface area (Å²) in [6, 6.07) is 1.74. The molecule has 198 valence electrons. The van der Waals surface area contributed by atoms with E-state index in [1.54, 1.807) is 0 Å². The first-order chi connectivity index (χ1) is 17.3. The topological polar surface area (TPSA) is 122 Å². The van der Waals surface area contributed by atoms with Gasteiger partial charge in [-0.25, -0.2) is 18.4 Å². The molecule has 3 rings (SSSR count). The zero-order valence-electron chi connectivity index (χ0n) is 20.1. The number of likely N-dealkylation sites (tertiary alicyclic amines) is 1. The van der Waals surface area contributed by atoms with Gasteiger partial charge in [0.05, 0.1) is 13.7 Å². The number of aliphatic hydroxyl groups excluding tert-OH is 1. The first-order valence-electron chi connectivity index (χ1n) is 11.5. The van der Waals surface area contributed by atoms with E-state index < -0.39 is 23.8 Å². The zero-order chi connectivity index (χ0) is 26.1. The van der Waals surface area contributed by atoms with Crippen molar-refractivity contribution in [3.8, 4) is 11.6 Å². The Morgan fingerprint density at radius 2 is 2.08 bits per heavy atom. The molecule has 1 aromatic carbocycles. The number of hydrogen-bond acceptors (Lipinski definition) is 9. The second-order valence-corrected chi connectivity index (χ2v) is 9.06. The lowest BCUT2D eigenvalue weighted by Gasteiger charge is -2.22. The summed E-state index contributed by atoms with van der Waals surface area (Å²) in [6.07, 6.45) is 2.62. The van der Waals surface area contributed by atoms with Gasteiger partial charge in [0.15, 0.2) is 5.00 Å². The molecular weight excluding hydrogens is 498 g/mol. The average molecular weight is 529 g/mol. The number of aryl methyl sites for hydroxylation is 1. The van der Waals surface area contributed by atoms with E-state index >= 15 is 0 Å². The van der Waals surface area contributed by atoms with Gasteiger partial charge in [-0.2, -0.15) is 0 Å². The van der Waals surface area contributed by atoms with E-state index in [9.17, 15) is 23.5 Å². The van der Waals surface area contributed by atoms with Crippen LogP contribution in [0.2, 0.25) is 0 Å². The van der Waals surface area contributed by atoms with E-state index in [4.69, 9.17) is 9.47 Å². The summed E-state index contributed by atoms with van der Waals surface area (Å²) >= 11 is 0.787. The number of urea groups is 1. The Morgan fingerprint density at radius 3 is 2.83 bits per heavy atom. The molecule has 0 spiro atoms. The lowest BCUT2D eigenvalue weighted by molar-refractivity contribution is 0.119. The van der Waals surface area contributed by atoms with Gasteiger partial charge >= 0.3 is 12.2 Å². The van der Waals surface area contributed by atoms with Crippen LogP contribution in [0.1, 0.15) is 36.8 Å². The van der Waals surface area contributed by atoms with Crippen molar-refractivity contribution in [2.75, 3.05) is 38.7 Å². The molecule has 1 aliphatic rings. The quantitative estimate of drug-likeness (QED) is 0.297. The fourth-order valence-electron chi connectivity index (χ4n) is 3.78. The predicted molar refractivity (Wildman–Crippen MR) is 129 cm³/mol. The van der Waals surface area contributed by atoms with E-state index in [1.165, 1.54) is 6.92 Å². The van der Waals surface area contributed by atoms with Crippen LogP contribution in [0.5, 0.6) is 11.6 Å². The molecule has 0 bridgehead atoms. The number of benzene rings is 1. The molecule has 0 saturated carbocycles. The number of anilines is 1. The number of nitrogens with zero attached hydrogens (tertiary/aromatic N) is 2. The molecule has 10 nitrogen and oxygen atoms in total. The second kappa shape index (κ2) is 13.3. The van der Waals surface area contributed by atoms with Crippen molar-refractivity contribution in [3.05, 3.63) is 34.9 Å². The highest BCUT2D eigenvalue weighted by Gasteiger charge is 2.24. The second-order valence-electron chi connectivity index (χ2n) is 8.29. The number of amides is 2. The van der Waals surface area contributed by atoms with Crippen molar-refractivity contribution >= 4 is 28.7 Å². The van der Waals surface area contributed by atoms with Crippen LogP contribution in [0.4, 0.5) is 23.4 Å². The van der Waals surface area contributed by atoms with Gasteiger partial charge < -0.3 is 24.6 Å². The van der Waals surface area contributed by atoms with Crippen molar-refractivity contribution in [2.24, 2.45) is 0 Å². The van der Waals surface area contributed by atoms with Gasteiger partial charge in [-0.15, -0.1) is 4.37 Å². The summed E-state index contributed by atoms with van der Waals surface area (Å²) in [6.45, 7) is 3.46. The van der Waals surface area contributed by atoms with Gasteiger partial charge in [0.25, 0.3) is 5.88 Å². The summed E-state index contributed by atoms with van der Waals surface area (Å²) in [5, 5.41) is 14.7. The third kappa shape index (κ3) is 7.48. The molecule has 1 fully saturated rings. The summed E-state index contributed by atoms with van der Waals surface area (Å²) in [5.74, 6) is -1.65. The number of ether oxygens (including phenoxy) is 3. The SMILES string of the molecule is COC(=O)Oc1c(OCc2cc(F)c(C)cc2F)nsc1NC(=O)NCCCCN1CCCC1CO. The smallest absolute Gasteiger partial charge is 0.469 e. The van der Waals surface area contributed by atoms with E-state index in [1.807, 2.05) is 0 Å². The number of methoxy groups -OCH3 is 1. The molecule has 1 aromatic heterocycles. The van der Waals surface area contributed by atoms with Crippen LogP contribution in [0.25, 0.3) is 0 Å². The van der Waals surface area contributed by atoms with Crippen LogP contribution in [-0.2, 0) is 11.3 Å². The van der Waals surface area contributed by atoms with Gasteiger partial charge in [-0.3, -0.25) is 10.2 Å². The minimum Gasteiger partial charge on any atom is -0.469 e. The summed E-state index contributed by atoms with van der Waals surface area (Å²) in [5.41, 5.74) is 0.101. The molecule has 2 aromatic rings. The normalized spacial score (nSPS) is 15.5. The number of rotatable bonds is 11. The summed E-state index contributed by atoms with van der Waals surface area (Å²) in [7, 11) is 1.11. The van der Waals surface area contributed by atoms with Gasteiger partial charge in [-0.1, -0.05) is 0 Å². The van der Waals surface area contributed by atoms with Crippen molar-refractivity contribution in [2.45, 2.75) is 45.3 Å². The molecule has 13 heteroatoms. The van der Waals surface area contributed by atoms with Crippen LogP contribution in [0, 0.1) is 18.6 Å². The minimum absolute atomic E-state index is 0.0541. The molecule has 1 saturated heterocycles. The Morgan fingerprint density at radius 1 is 1.28 bits per heavy atom. The number of hydrogen-bond donors (Lipinski definition) is 3. The average Bonchev–Trinajstić information content (AvgIpc) is 3.46. The predicted octanol–water partition coefficient (Wildman–Crippen LogP) is 3.81. The van der Waals surface area contributed by atoms with Crippen molar-refractivity contribution in [3.63, 3.8) is 0 Å². The number of aliphatic hydroxyl groups is 1. The van der Waals surface area contributed by atoms with Crippen LogP contribution in [0.3, 0.4) is 0 Å². The highest BCUT2D eigenvalue weighted by Crippen LogP contribution is 2.39. The first kappa shape index (κ1) is 27.6. The lowest BCUT2D eigenvalue weighted by Crippen LogP contribution is -2.34. The van der Waals surface area contributed by atoms with E-state index in [-0.39, 0.29) is 47.0 Å². The fourth-order valence-corrected chi connectivity index (χ4v) is 4.44. The van der Waals surface area contributed by atoms with Crippen molar-refractivity contribution in [1.82, 2.24) is 14.6 Å². The summed E-state index contributed by atoms with van der Waals surface area (Å²) in [4.78, 5) is 26.3. The number of aromatic nitrogens is 1. The lowest BCUT2D eigenvalue weighted by atomic mass is 10.1. The summed E-state index contributed by atoms with van der Waals surface area (Å²) < 4.78 is 47.0. The number of halogens is 2. The van der Waals surface area contributed by atoms with Gasteiger partial charge in [0, 0.05) is 18.2 Å². The molecule has 3 N–H and O–H groups in total. The van der Waals surface area contributed by atoms with Crippen LogP contribution < -0.4 is 20.1 Å². The standard InChI is InChI=1S/C23H30F2N4O6S/c1-14-10-18(25)15(11-17(14)24)13-34-20-19(35-23(32)33-2)21(36-28-20)27-22(31)26-7-3-4-8-29-9-5-6-16(29)12-30/h10-11,16,30H,3-9,12-13H2,1-2H3,(H2,26,27,31). The van der Waals surface area contributed by atoms with E-state index in [0.29, 0.717) is 6.54 Å². The Kier molecular flexibility index (Phi) is 10.2. The molecule has 36 heavy (non-hydrogen) atoms. The Labute approximate surface area is 211 Å². The maximum atomic E-state index is 14.1. The van der Waals surface area contributed by atoms with Gasteiger partial charge in [-0.05, 0) is 74.9 Å². The zero-order valence-corrected chi connectivity index (χ0v) is 21.0. The highest BCUT2D eigenvalue weighted by atomic mass is 32.1. The highest BCUT2D eigenvalue weighted by molar-refractivity contribution is 7.11. The first-order valence-corrected chi connectivity index (χ1v) is 12.3. The number of unbranched alkanes of at least 4 members (excludes halogenated alkanes) is 1. The Hall–Kier alpha value is -3.03. The van der Waals surface area contributed by atoms with Gasteiger partial charge in [0.1, 0.15) is 18.2 Å². The van der Waals surface area contributed by atoms with Gasteiger partial charge in [0.2, 0.25) is 5.75 Å². The molecule has 1 atom stereocenters. The molecule has 0 aliphatic carbocycles. The monoisotopic (exact) mass is 528 g/mol. The number of nitrogens with one attached hydrogen (secondary N) is 2. The third-order valence-corrected chi connectivity index (χ3v) is 6.49. The van der Waals surface area contributed by atoms with Crippen LogP contribution in [-0.4, -0.2) is 66.0 Å². The Bertz CT molecular complexity index is 1050. The van der Waals surface area contributed by atoms with E-state index in [2.05, 4.69) is 24.6 Å². The molecule has 2 heterocycles. The molecule has 1 aliphatic heterocycles. The van der Waals surface area contributed by atoms with Crippen molar-refractivity contribution < 1.29 is 37.7 Å². The molecule has 0 radical (unpaired) electrons. The van der Waals surface area contributed by atoms with E-state index in [0.717, 1.165) is 69.5 Å². The maximum Gasteiger partial charge on any atom is 0.513 e. The molecular formula is C23H30F2N4O6S. The minimum atomic E-state index is -1.07. The third-order valence-electron chi connectivity index (χ3n) is 5.76. The Balaban J connectivity index is 1.54. The van der Waals surface area contributed by atoms with Crippen LogP contribution >= 0.6 is 11.5 Å². The van der Waals surface area contributed by atoms with Crippen molar-refractivity contribution in [1.29, 1.82) is 0 Å². The molecule has 2 amide bonds. The number of carbonyl (C=O) groups is 2. The molecule has 1 unspecified atom stereocenters. The van der Waals surface area contributed by atoms with Crippen LogP contribution in [0.15, 0.2) is 12.1 Å². The largest absolute Gasteiger partial charge is 0.513 e.